The molecule has 0 aliphatic carbocycles. The number of rotatable bonds is 6. The molecule has 0 amide bonds. The van der Waals surface area contributed by atoms with Gasteiger partial charge in [0.1, 0.15) is 6.61 Å². The first-order valence-electron chi connectivity index (χ1n) is 6.73. The molecule has 1 aromatic carbocycles. The van der Waals surface area contributed by atoms with E-state index >= 15 is 0 Å². The van der Waals surface area contributed by atoms with Gasteiger partial charge in [-0.1, -0.05) is 41.1 Å². The van der Waals surface area contributed by atoms with E-state index in [9.17, 15) is 0 Å². The van der Waals surface area contributed by atoms with Crippen molar-refractivity contribution >= 4 is 15.9 Å². The molecule has 0 unspecified atom stereocenters. The van der Waals surface area contributed by atoms with Gasteiger partial charge in [0.25, 0.3) is 0 Å². The summed E-state index contributed by atoms with van der Waals surface area (Å²) in [5.41, 5.74) is 3.37. The summed E-state index contributed by atoms with van der Waals surface area (Å²) >= 11 is 3.53. The maximum Gasteiger partial charge on any atom is 0.214 e. The number of halogens is 1. The van der Waals surface area contributed by atoms with Crippen LogP contribution in [0.25, 0.3) is 0 Å². The lowest BCUT2D eigenvalue weighted by Gasteiger charge is -2.10. The van der Waals surface area contributed by atoms with Crippen LogP contribution in [0.15, 0.2) is 40.9 Å². The quantitative estimate of drug-likeness (QED) is 0.874. The van der Waals surface area contributed by atoms with Gasteiger partial charge in [-0.15, -0.1) is 0 Å². The van der Waals surface area contributed by atoms with Gasteiger partial charge in [0.15, 0.2) is 0 Å². The second-order valence-electron chi connectivity index (χ2n) is 4.57. The van der Waals surface area contributed by atoms with E-state index in [0.717, 1.165) is 28.7 Å². The average Bonchev–Trinajstić information content (AvgIpc) is 2.46. The highest BCUT2D eigenvalue weighted by Crippen LogP contribution is 2.19. The second kappa shape index (κ2) is 7.41. The number of hydrogen-bond acceptors (Lipinski definition) is 3. The molecule has 2 aromatic rings. The summed E-state index contributed by atoms with van der Waals surface area (Å²) in [6.45, 7) is 3.44. The molecule has 20 heavy (non-hydrogen) atoms. The Morgan fingerprint density at radius 1 is 1.25 bits per heavy atom. The van der Waals surface area contributed by atoms with Crippen molar-refractivity contribution in [1.82, 2.24) is 10.3 Å². The zero-order chi connectivity index (χ0) is 14.4. The van der Waals surface area contributed by atoms with E-state index in [4.69, 9.17) is 4.74 Å². The zero-order valence-corrected chi connectivity index (χ0v) is 13.4. The molecule has 0 fully saturated rings. The Kier molecular flexibility index (Phi) is 5.56. The molecular formula is C16H19BrN2O. The molecule has 0 aliphatic rings. The van der Waals surface area contributed by atoms with Crippen LogP contribution in [0.2, 0.25) is 0 Å². The lowest BCUT2D eigenvalue weighted by Crippen LogP contribution is -2.07. The molecule has 0 spiro atoms. The van der Waals surface area contributed by atoms with Crippen LogP contribution in [0, 0.1) is 0 Å². The normalized spacial score (nSPS) is 10.6. The van der Waals surface area contributed by atoms with Gasteiger partial charge in [-0.25, -0.2) is 4.98 Å². The van der Waals surface area contributed by atoms with Gasteiger partial charge >= 0.3 is 0 Å². The first-order valence-corrected chi connectivity index (χ1v) is 7.53. The Bertz CT molecular complexity index is 572. The molecular weight excluding hydrogens is 316 g/mol. The van der Waals surface area contributed by atoms with E-state index in [2.05, 4.69) is 39.2 Å². The zero-order valence-electron chi connectivity index (χ0n) is 11.8. The largest absolute Gasteiger partial charge is 0.473 e. The summed E-state index contributed by atoms with van der Waals surface area (Å²) in [6, 6.07) is 12.2. The topological polar surface area (TPSA) is 34.1 Å². The van der Waals surface area contributed by atoms with Crippen LogP contribution in [0.4, 0.5) is 0 Å². The van der Waals surface area contributed by atoms with Crippen LogP contribution in [0.3, 0.4) is 0 Å². The Hall–Kier alpha value is -1.39. The number of aryl methyl sites for hydroxylation is 1. The van der Waals surface area contributed by atoms with Gasteiger partial charge in [-0.05, 0) is 31.2 Å². The van der Waals surface area contributed by atoms with Crippen molar-refractivity contribution in [3.63, 3.8) is 0 Å². The van der Waals surface area contributed by atoms with Gasteiger partial charge in [0.05, 0.1) is 0 Å². The minimum atomic E-state index is 0.514. The molecule has 2 rings (SSSR count). The Morgan fingerprint density at radius 3 is 2.75 bits per heavy atom. The van der Waals surface area contributed by atoms with Crippen LogP contribution in [-0.2, 0) is 19.6 Å². The number of benzene rings is 1. The molecule has 0 atom stereocenters. The van der Waals surface area contributed by atoms with Crippen molar-refractivity contribution < 1.29 is 4.74 Å². The third-order valence-electron chi connectivity index (χ3n) is 2.99. The van der Waals surface area contributed by atoms with E-state index in [-0.39, 0.29) is 0 Å². The molecule has 4 heteroatoms. The Labute approximate surface area is 128 Å². The third kappa shape index (κ3) is 4.05. The van der Waals surface area contributed by atoms with Crippen molar-refractivity contribution in [1.29, 1.82) is 0 Å². The summed E-state index contributed by atoms with van der Waals surface area (Å²) in [5.74, 6) is 0.686. The van der Waals surface area contributed by atoms with E-state index < -0.39 is 0 Å². The minimum absolute atomic E-state index is 0.514. The smallest absolute Gasteiger partial charge is 0.214 e. The summed E-state index contributed by atoms with van der Waals surface area (Å²) in [6.07, 6.45) is 0.906. The minimum Gasteiger partial charge on any atom is -0.473 e. The monoisotopic (exact) mass is 334 g/mol. The van der Waals surface area contributed by atoms with E-state index in [0.29, 0.717) is 12.5 Å². The molecule has 0 aliphatic heterocycles. The molecule has 0 saturated heterocycles. The van der Waals surface area contributed by atoms with E-state index in [1.54, 1.807) is 0 Å². The van der Waals surface area contributed by atoms with Crippen LogP contribution in [-0.4, -0.2) is 12.0 Å². The summed E-state index contributed by atoms with van der Waals surface area (Å²) in [4.78, 5) is 4.51. The standard InChI is InChI=1S/C16H19BrN2O/c1-3-14-8-12(10-18-2)9-16(19-14)20-11-13-6-4-5-7-15(13)17/h4-9,18H,3,10-11H2,1-2H3. The van der Waals surface area contributed by atoms with Crippen molar-refractivity contribution in [2.24, 2.45) is 0 Å². The van der Waals surface area contributed by atoms with Gasteiger partial charge in [0.2, 0.25) is 5.88 Å². The van der Waals surface area contributed by atoms with E-state index in [1.165, 1.54) is 5.56 Å². The van der Waals surface area contributed by atoms with Crippen molar-refractivity contribution in [3.05, 3.63) is 57.7 Å². The van der Waals surface area contributed by atoms with Crippen LogP contribution < -0.4 is 10.1 Å². The number of pyridine rings is 1. The van der Waals surface area contributed by atoms with Gasteiger partial charge in [0, 0.05) is 28.3 Å². The Balaban J connectivity index is 2.12. The Morgan fingerprint density at radius 2 is 2.05 bits per heavy atom. The van der Waals surface area contributed by atoms with Crippen molar-refractivity contribution in [3.8, 4) is 5.88 Å². The van der Waals surface area contributed by atoms with Crippen molar-refractivity contribution in [2.45, 2.75) is 26.5 Å². The molecule has 0 bridgehead atoms. The molecule has 0 radical (unpaired) electrons. The third-order valence-corrected chi connectivity index (χ3v) is 3.76. The fourth-order valence-corrected chi connectivity index (χ4v) is 2.35. The number of nitrogens with zero attached hydrogens (tertiary/aromatic N) is 1. The highest BCUT2D eigenvalue weighted by molar-refractivity contribution is 9.10. The second-order valence-corrected chi connectivity index (χ2v) is 5.42. The predicted octanol–water partition coefficient (Wildman–Crippen LogP) is 3.70. The molecule has 3 nitrogen and oxygen atoms in total. The van der Waals surface area contributed by atoms with E-state index in [1.807, 2.05) is 37.4 Å². The van der Waals surface area contributed by atoms with Crippen LogP contribution in [0.1, 0.15) is 23.7 Å². The lowest BCUT2D eigenvalue weighted by atomic mass is 10.2. The molecule has 1 heterocycles. The number of nitrogens with one attached hydrogen (secondary N) is 1. The van der Waals surface area contributed by atoms with Gasteiger partial charge in [-0.3, -0.25) is 0 Å². The first-order chi connectivity index (χ1) is 9.72. The summed E-state index contributed by atoms with van der Waals surface area (Å²) in [7, 11) is 1.94. The summed E-state index contributed by atoms with van der Waals surface area (Å²) in [5, 5.41) is 3.15. The molecule has 106 valence electrons. The molecule has 1 aromatic heterocycles. The van der Waals surface area contributed by atoms with Crippen molar-refractivity contribution in [2.75, 3.05) is 7.05 Å². The van der Waals surface area contributed by atoms with Crippen LogP contribution >= 0.6 is 15.9 Å². The fraction of sp³-hybridized carbons (Fsp3) is 0.312. The maximum absolute atomic E-state index is 5.83. The highest BCUT2D eigenvalue weighted by atomic mass is 79.9. The number of ether oxygens (including phenoxy) is 1. The lowest BCUT2D eigenvalue weighted by molar-refractivity contribution is 0.292. The fourth-order valence-electron chi connectivity index (χ4n) is 1.95. The van der Waals surface area contributed by atoms with Gasteiger partial charge < -0.3 is 10.1 Å². The SMILES string of the molecule is CCc1cc(CNC)cc(OCc2ccccc2Br)n1. The highest BCUT2D eigenvalue weighted by Gasteiger charge is 2.04. The molecule has 1 N–H and O–H groups in total. The summed E-state index contributed by atoms with van der Waals surface area (Å²) < 4.78 is 6.89. The molecule has 0 saturated carbocycles. The number of aromatic nitrogens is 1. The first kappa shape index (κ1) is 15.0. The van der Waals surface area contributed by atoms with Gasteiger partial charge in [-0.2, -0.15) is 0 Å². The average molecular weight is 335 g/mol. The predicted molar refractivity (Wildman–Crippen MR) is 84.9 cm³/mol. The number of hydrogen-bond donors (Lipinski definition) is 1. The van der Waals surface area contributed by atoms with Crippen LogP contribution in [0.5, 0.6) is 5.88 Å². The maximum atomic E-state index is 5.83.